The van der Waals surface area contributed by atoms with Crippen LogP contribution in [0.3, 0.4) is 0 Å². The van der Waals surface area contributed by atoms with Crippen LogP contribution in [0.25, 0.3) is 27.7 Å². The fraction of sp³-hybridized carbons (Fsp3) is 0.0952. The van der Waals surface area contributed by atoms with E-state index in [1.807, 2.05) is 37.3 Å². The molecule has 4 aromatic rings. The Labute approximate surface area is 166 Å². The maximum atomic E-state index is 11.0. The molecule has 0 radical (unpaired) electrons. The van der Waals surface area contributed by atoms with Gasteiger partial charge in [0.25, 0.3) is 0 Å². The van der Waals surface area contributed by atoms with Gasteiger partial charge in [-0.3, -0.25) is 9.55 Å². The molecule has 0 atom stereocenters. The Morgan fingerprint density at radius 2 is 1.81 bits per heavy atom. The van der Waals surface area contributed by atoms with E-state index in [-0.39, 0.29) is 12.5 Å². The van der Waals surface area contributed by atoms with Gasteiger partial charge in [-0.25, -0.2) is 0 Å². The average Bonchev–Trinajstić information content (AvgIpc) is 2.98. The lowest BCUT2D eigenvalue weighted by molar-refractivity contribution is 0.281. The highest BCUT2D eigenvalue weighted by Gasteiger charge is 2.22. The second-order valence-corrected chi connectivity index (χ2v) is 7.10. The van der Waals surface area contributed by atoms with Crippen LogP contribution in [0.15, 0.2) is 54.7 Å². The van der Waals surface area contributed by atoms with Crippen LogP contribution in [0.5, 0.6) is 5.88 Å². The highest BCUT2D eigenvalue weighted by Crippen LogP contribution is 2.43. The summed E-state index contributed by atoms with van der Waals surface area (Å²) in [5.74, 6) is 0.0411. The Morgan fingerprint density at radius 3 is 2.48 bits per heavy atom. The van der Waals surface area contributed by atoms with Crippen molar-refractivity contribution in [2.24, 2.45) is 0 Å². The predicted octanol–water partition coefficient (Wildman–Crippen LogP) is 5.51. The summed E-state index contributed by atoms with van der Waals surface area (Å²) in [7, 11) is 0. The third-order valence-corrected chi connectivity index (χ3v) is 5.18. The van der Waals surface area contributed by atoms with Crippen molar-refractivity contribution in [3.63, 3.8) is 0 Å². The quantitative estimate of drug-likeness (QED) is 0.478. The highest BCUT2D eigenvalue weighted by molar-refractivity contribution is 6.36. The van der Waals surface area contributed by atoms with E-state index in [0.717, 1.165) is 5.69 Å². The van der Waals surface area contributed by atoms with Crippen molar-refractivity contribution in [2.45, 2.75) is 13.5 Å². The van der Waals surface area contributed by atoms with Crippen molar-refractivity contribution < 1.29 is 10.2 Å². The largest absolute Gasteiger partial charge is 0.494 e. The molecule has 2 N–H and O–H groups in total. The van der Waals surface area contributed by atoms with Crippen molar-refractivity contribution in [3.8, 4) is 22.7 Å². The number of aromatic nitrogens is 2. The monoisotopic (exact) mass is 398 g/mol. The minimum Gasteiger partial charge on any atom is -0.494 e. The number of aryl methyl sites for hydroxylation is 1. The first-order valence-corrected chi connectivity index (χ1v) is 9.12. The molecule has 2 aromatic heterocycles. The predicted molar refractivity (Wildman–Crippen MR) is 109 cm³/mol. The fourth-order valence-corrected chi connectivity index (χ4v) is 3.86. The maximum absolute atomic E-state index is 11.0. The number of para-hydroxylation sites is 1. The summed E-state index contributed by atoms with van der Waals surface area (Å²) in [4.78, 5) is 4.58. The van der Waals surface area contributed by atoms with Gasteiger partial charge >= 0.3 is 0 Å². The van der Waals surface area contributed by atoms with Crippen LogP contribution in [-0.2, 0) is 6.61 Å². The normalized spacial score (nSPS) is 11.3. The molecule has 4 nitrogen and oxygen atoms in total. The summed E-state index contributed by atoms with van der Waals surface area (Å²) in [5.41, 5.74) is 4.07. The number of fused-ring (bicyclic) bond motifs is 1. The number of halogens is 2. The number of hydrogen-bond donors (Lipinski definition) is 2. The zero-order valence-electron chi connectivity index (χ0n) is 14.4. The van der Waals surface area contributed by atoms with Gasteiger partial charge in [-0.15, -0.1) is 0 Å². The minimum atomic E-state index is -0.223. The van der Waals surface area contributed by atoms with Gasteiger partial charge in [-0.2, -0.15) is 0 Å². The number of hydrogen-bond acceptors (Lipinski definition) is 3. The van der Waals surface area contributed by atoms with E-state index >= 15 is 0 Å². The first kappa shape index (κ1) is 17.9. The molecule has 0 aliphatic heterocycles. The van der Waals surface area contributed by atoms with Crippen LogP contribution in [-0.4, -0.2) is 19.8 Å². The van der Waals surface area contributed by atoms with E-state index in [1.165, 1.54) is 0 Å². The molecule has 0 aliphatic carbocycles. The Kier molecular flexibility index (Phi) is 4.56. The van der Waals surface area contributed by atoms with E-state index in [2.05, 4.69) is 4.98 Å². The van der Waals surface area contributed by atoms with Crippen LogP contribution in [0.4, 0.5) is 0 Å². The molecule has 0 spiro atoms. The second-order valence-electron chi connectivity index (χ2n) is 6.25. The van der Waals surface area contributed by atoms with Crippen LogP contribution in [0.2, 0.25) is 10.0 Å². The van der Waals surface area contributed by atoms with Crippen molar-refractivity contribution >= 4 is 34.1 Å². The first-order valence-electron chi connectivity index (χ1n) is 8.36. The van der Waals surface area contributed by atoms with Gasteiger partial charge in [-0.1, -0.05) is 47.5 Å². The van der Waals surface area contributed by atoms with Crippen LogP contribution < -0.4 is 0 Å². The Balaban J connectivity index is 2.11. The molecule has 0 bridgehead atoms. The number of aromatic hydroxyl groups is 1. The van der Waals surface area contributed by atoms with Gasteiger partial charge in [-0.05, 0) is 31.2 Å². The van der Waals surface area contributed by atoms with Crippen LogP contribution in [0.1, 0.15) is 11.3 Å². The van der Waals surface area contributed by atoms with Crippen molar-refractivity contribution in [2.75, 3.05) is 0 Å². The van der Waals surface area contributed by atoms with Gasteiger partial charge < -0.3 is 10.2 Å². The minimum absolute atomic E-state index is 0.0411. The Hall–Kier alpha value is -2.53. The molecular formula is C21H16Cl2N2O2. The van der Waals surface area contributed by atoms with Crippen molar-refractivity contribution in [1.82, 2.24) is 9.55 Å². The molecule has 0 saturated carbocycles. The second kappa shape index (κ2) is 6.89. The van der Waals surface area contributed by atoms with Crippen molar-refractivity contribution in [3.05, 3.63) is 76.0 Å². The number of pyridine rings is 1. The molecule has 0 unspecified atom stereocenters. The molecule has 2 aromatic carbocycles. The summed E-state index contributed by atoms with van der Waals surface area (Å²) < 4.78 is 1.67. The molecule has 6 heteroatoms. The maximum Gasteiger partial charge on any atom is 0.206 e. The van der Waals surface area contributed by atoms with Gasteiger partial charge in [0.1, 0.15) is 0 Å². The van der Waals surface area contributed by atoms with E-state index in [4.69, 9.17) is 23.2 Å². The smallest absolute Gasteiger partial charge is 0.206 e. The SMILES string of the molecule is Cc1nc2cn(-c3ccccc3)c(O)c2c(-c2ccc(Cl)cc2Cl)c1CO. The third-order valence-electron chi connectivity index (χ3n) is 4.63. The van der Waals surface area contributed by atoms with Crippen LogP contribution in [0, 0.1) is 6.92 Å². The van der Waals surface area contributed by atoms with Crippen LogP contribution >= 0.6 is 23.2 Å². The Bertz CT molecular complexity index is 1150. The first-order chi connectivity index (χ1) is 13.0. The zero-order chi connectivity index (χ0) is 19.1. The molecule has 2 heterocycles. The summed E-state index contributed by atoms with van der Waals surface area (Å²) in [6, 6.07) is 14.7. The third kappa shape index (κ3) is 2.96. The number of nitrogens with zero attached hydrogens (tertiary/aromatic N) is 2. The van der Waals surface area contributed by atoms with Gasteiger partial charge in [0, 0.05) is 44.3 Å². The molecule has 0 fully saturated rings. The fourth-order valence-electron chi connectivity index (χ4n) is 3.36. The summed E-state index contributed by atoms with van der Waals surface area (Å²) in [6.45, 7) is 1.61. The summed E-state index contributed by atoms with van der Waals surface area (Å²) in [5, 5.41) is 22.5. The van der Waals surface area contributed by atoms with Gasteiger partial charge in [0.2, 0.25) is 5.88 Å². The average molecular weight is 399 g/mol. The molecule has 4 rings (SSSR count). The van der Waals surface area contributed by atoms with Gasteiger partial charge in [0.15, 0.2) is 0 Å². The highest BCUT2D eigenvalue weighted by atomic mass is 35.5. The molecular weight excluding hydrogens is 383 g/mol. The Morgan fingerprint density at radius 1 is 1.07 bits per heavy atom. The van der Waals surface area contributed by atoms with E-state index in [0.29, 0.717) is 43.3 Å². The summed E-state index contributed by atoms with van der Waals surface area (Å²) >= 11 is 12.5. The van der Waals surface area contributed by atoms with Crippen molar-refractivity contribution in [1.29, 1.82) is 0 Å². The van der Waals surface area contributed by atoms with Gasteiger partial charge in [0.05, 0.1) is 17.5 Å². The number of benzene rings is 2. The lowest BCUT2D eigenvalue weighted by Crippen LogP contribution is -1.98. The number of aliphatic hydroxyl groups is 1. The number of aliphatic hydroxyl groups excluding tert-OH is 1. The molecule has 0 aliphatic rings. The standard InChI is InChI=1S/C21H16Cl2N2O2/c1-12-16(11-26)19(15-8-7-13(22)9-17(15)23)20-18(24-12)10-25(21(20)27)14-5-3-2-4-6-14/h2-10,26-27H,11H2,1H3. The molecule has 136 valence electrons. The van der Waals surface area contributed by atoms with E-state index in [9.17, 15) is 10.2 Å². The topological polar surface area (TPSA) is 58.3 Å². The lowest BCUT2D eigenvalue weighted by atomic mass is 9.96. The lowest BCUT2D eigenvalue weighted by Gasteiger charge is -2.14. The molecule has 0 amide bonds. The zero-order valence-corrected chi connectivity index (χ0v) is 16.0. The summed E-state index contributed by atoms with van der Waals surface area (Å²) in [6.07, 6.45) is 1.78. The molecule has 0 saturated heterocycles. The van der Waals surface area contributed by atoms with E-state index < -0.39 is 0 Å². The molecule has 27 heavy (non-hydrogen) atoms. The van der Waals surface area contributed by atoms with E-state index in [1.54, 1.807) is 29.0 Å². The number of rotatable bonds is 3.